The molecule has 1 atom stereocenters. The summed E-state index contributed by atoms with van der Waals surface area (Å²) in [6, 6.07) is 0. The summed E-state index contributed by atoms with van der Waals surface area (Å²) in [6.07, 6.45) is 2.81. The molecule has 0 aliphatic carbocycles. The molecule has 1 aliphatic heterocycles. The van der Waals surface area contributed by atoms with Crippen LogP contribution in [0, 0.1) is 0 Å². The molecule has 1 fully saturated rings. The molecule has 0 spiro atoms. The number of hydrogen-bond donors (Lipinski definition) is 0. The van der Waals surface area contributed by atoms with E-state index in [0.29, 0.717) is 0 Å². The van der Waals surface area contributed by atoms with Gasteiger partial charge in [0.15, 0.2) is 0 Å². The lowest BCUT2D eigenvalue weighted by molar-refractivity contribution is 0.288. The smallest absolute Gasteiger partial charge is 0.0237 e. The van der Waals surface area contributed by atoms with Crippen LogP contribution in [0.3, 0.4) is 0 Å². The molecule has 0 aromatic heterocycles. The number of alkyl halides is 1. The van der Waals surface area contributed by atoms with Crippen molar-refractivity contribution in [2.75, 3.05) is 20.1 Å². The molecule has 0 aromatic rings. The second-order valence-electron chi connectivity index (χ2n) is 2.50. The van der Waals surface area contributed by atoms with Crippen molar-refractivity contribution in [3.63, 3.8) is 0 Å². The van der Waals surface area contributed by atoms with E-state index in [1.807, 2.05) is 0 Å². The van der Waals surface area contributed by atoms with E-state index in [-0.39, 0.29) is 0 Å². The molecule has 48 valence electrons. The molecule has 1 nitrogen and oxygen atoms in total. The first kappa shape index (κ1) is 6.81. The maximum atomic E-state index is 2.53. The summed E-state index contributed by atoms with van der Waals surface area (Å²) in [4.78, 5) is 2.40. The second kappa shape index (κ2) is 3.01. The van der Waals surface area contributed by atoms with Crippen LogP contribution in [-0.2, 0) is 0 Å². The van der Waals surface area contributed by atoms with Crippen molar-refractivity contribution >= 4 is 22.6 Å². The Hall–Kier alpha value is 0.690. The fraction of sp³-hybridized carbons (Fsp3) is 1.00. The molecule has 0 saturated carbocycles. The Morgan fingerprint density at radius 2 is 2.38 bits per heavy atom. The minimum atomic E-state index is 0.909. The number of hydrogen-bond acceptors (Lipinski definition) is 1. The lowest BCUT2D eigenvalue weighted by atomic mass is 10.1. The standard InChI is InChI=1S/C6H12IN/c1-8-4-2-3-6(7)5-8/h6H,2-5H2,1H3. The molecular weight excluding hydrogens is 213 g/mol. The van der Waals surface area contributed by atoms with Gasteiger partial charge in [-0.3, -0.25) is 0 Å². The van der Waals surface area contributed by atoms with Crippen LogP contribution in [0.25, 0.3) is 0 Å². The summed E-state index contributed by atoms with van der Waals surface area (Å²) < 4.78 is 0.909. The zero-order valence-electron chi connectivity index (χ0n) is 5.23. The van der Waals surface area contributed by atoms with Gasteiger partial charge in [0.2, 0.25) is 0 Å². The third-order valence-electron chi connectivity index (χ3n) is 1.57. The zero-order chi connectivity index (χ0) is 5.98. The first-order chi connectivity index (χ1) is 3.79. The molecule has 1 aliphatic rings. The molecule has 0 aromatic carbocycles. The van der Waals surface area contributed by atoms with Crippen molar-refractivity contribution in [1.82, 2.24) is 4.90 Å². The maximum absolute atomic E-state index is 2.53. The molecule has 1 heterocycles. The molecule has 1 unspecified atom stereocenters. The largest absolute Gasteiger partial charge is 0.305 e. The highest BCUT2D eigenvalue weighted by atomic mass is 127. The molecule has 0 N–H and O–H groups in total. The first-order valence-electron chi connectivity index (χ1n) is 3.11. The Labute approximate surface area is 64.6 Å². The summed E-state index contributed by atoms with van der Waals surface area (Å²) in [5.41, 5.74) is 0. The van der Waals surface area contributed by atoms with E-state index >= 15 is 0 Å². The van der Waals surface area contributed by atoms with Crippen LogP contribution in [0.4, 0.5) is 0 Å². The minimum Gasteiger partial charge on any atom is -0.305 e. The number of halogens is 1. The van der Waals surface area contributed by atoms with Gasteiger partial charge in [-0.1, -0.05) is 22.6 Å². The van der Waals surface area contributed by atoms with E-state index in [2.05, 4.69) is 34.5 Å². The normalized spacial score (nSPS) is 33.0. The van der Waals surface area contributed by atoms with Gasteiger partial charge in [-0.25, -0.2) is 0 Å². The SMILES string of the molecule is CN1CCCC(I)C1. The summed E-state index contributed by atoms with van der Waals surface area (Å²) >= 11 is 2.53. The Morgan fingerprint density at radius 1 is 1.62 bits per heavy atom. The van der Waals surface area contributed by atoms with Gasteiger partial charge in [0.25, 0.3) is 0 Å². The van der Waals surface area contributed by atoms with Crippen LogP contribution >= 0.6 is 22.6 Å². The Morgan fingerprint density at radius 3 is 2.75 bits per heavy atom. The van der Waals surface area contributed by atoms with E-state index < -0.39 is 0 Å². The number of rotatable bonds is 0. The predicted molar refractivity (Wildman–Crippen MR) is 44.5 cm³/mol. The molecule has 2 heteroatoms. The fourth-order valence-electron chi connectivity index (χ4n) is 1.10. The lowest BCUT2D eigenvalue weighted by Gasteiger charge is -2.25. The Balaban J connectivity index is 2.23. The Kier molecular flexibility index (Phi) is 2.56. The predicted octanol–water partition coefficient (Wildman–Crippen LogP) is 1.52. The van der Waals surface area contributed by atoms with Gasteiger partial charge in [-0.05, 0) is 26.4 Å². The maximum Gasteiger partial charge on any atom is 0.0237 e. The minimum absolute atomic E-state index is 0.909. The first-order valence-corrected chi connectivity index (χ1v) is 4.36. The van der Waals surface area contributed by atoms with Gasteiger partial charge < -0.3 is 4.90 Å². The van der Waals surface area contributed by atoms with Crippen molar-refractivity contribution in [2.24, 2.45) is 0 Å². The molecule has 1 saturated heterocycles. The third-order valence-corrected chi connectivity index (χ3v) is 2.58. The van der Waals surface area contributed by atoms with Crippen molar-refractivity contribution < 1.29 is 0 Å². The van der Waals surface area contributed by atoms with E-state index in [1.54, 1.807) is 0 Å². The highest BCUT2D eigenvalue weighted by Gasteiger charge is 2.12. The van der Waals surface area contributed by atoms with Crippen molar-refractivity contribution in [2.45, 2.75) is 16.8 Å². The highest BCUT2D eigenvalue weighted by Crippen LogP contribution is 2.15. The molecule has 0 amide bonds. The van der Waals surface area contributed by atoms with E-state index in [0.717, 1.165) is 3.92 Å². The van der Waals surface area contributed by atoms with Gasteiger partial charge in [0, 0.05) is 10.5 Å². The molecular formula is C6H12IN. The quantitative estimate of drug-likeness (QED) is 0.446. The van der Waals surface area contributed by atoms with E-state index in [9.17, 15) is 0 Å². The third kappa shape index (κ3) is 1.90. The molecule has 0 radical (unpaired) electrons. The fourth-order valence-corrected chi connectivity index (χ4v) is 2.22. The number of piperidine rings is 1. The van der Waals surface area contributed by atoms with Crippen LogP contribution in [-0.4, -0.2) is 29.0 Å². The zero-order valence-corrected chi connectivity index (χ0v) is 7.39. The summed E-state index contributed by atoms with van der Waals surface area (Å²) in [5.74, 6) is 0. The monoisotopic (exact) mass is 225 g/mol. The van der Waals surface area contributed by atoms with E-state index in [1.165, 1.54) is 25.9 Å². The van der Waals surface area contributed by atoms with Gasteiger partial charge in [-0.2, -0.15) is 0 Å². The van der Waals surface area contributed by atoms with Gasteiger partial charge in [-0.15, -0.1) is 0 Å². The van der Waals surface area contributed by atoms with Gasteiger partial charge in [0.1, 0.15) is 0 Å². The molecule has 8 heavy (non-hydrogen) atoms. The molecule has 1 rings (SSSR count). The van der Waals surface area contributed by atoms with Gasteiger partial charge in [0.05, 0.1) is 0 Å². The number of likely N-dealkylation sites (tertiary alicyclic amines) is 1. The van der Waals surface area contributed by atoms with Crippen molar-refractivity contribution in [1.29, 1.82) is 0 Å². The van der Waals surface area contributed by atoms with Crippen molar-refractivity contribution in [3.05, 3.63) is 0 Å². The average molecular weight is 225 g/mol. The highest BCUT2D eigenvalue weighted by molar-refractivity contribution is 14.1. The number of nitrogens with zero attached hydrogens (tertiary/aromatic N) is 1. The van der Waals surface area contributed by atoms with Crippen LogP contribution in [0.15, 0.2) is 0 Å². The van der Waals surface area contributed by atoms with E-state index in [4.69, 9.17) is 0 Å². The summed E-state index contributed by atoms with van der Waals surface area (Å²) in [5, 5.41) is 0. The van der Waals surface area contributed by atoms with Crippen LogP contribution < -0.4 is 0 Å². The average Bonchev–Trinajstić information content (AvgIpc) is 1.64. The molecule has 0 bridgehead atoms. The van der Waals surface area contributed by atoms with Crippen LogP contribution in [0.2, 0.25) is 0 Å². The summed E-state index contributed by atoms with van der Waals surface area (Å²) in [7, 11) is 2.20. The second-order valence-corrected chi connectivity index (χ2v) is 4.26. The summed E-state index contributed by atoms with van der Waals surface area (Å²) in [6.45, 7) is 2.60. The van der Waals surface area contributed by atoms with Crippen LogP contribution in [0.1, 0.15) is 12.8 Å². The van der Waals surface area contributed by atoms with Crippen LogP contribution in [0.5, 0.6) is 0 Å². The Bertz CT molecular complexity index is 66.9. The lowest BCUT2D eigenvalue weighted by Crippen LogP contribution is -2.31. The van der Waals surface area contributed by atoms with Crippen molar-refractivity contribution in [3.8, 4) is 0 Å². The topological polar surface area (TPSA) is 3.24 Å². The van der Waals surface area contributed by atoms with Gasteiger partial charge >= 0.3 is 0 Å².